The zero-order valence-electron chi connectivity index (χ0n) is 16.9. The van der Waals surface area contributed by atoms with E-state index in [9.17, 15) is 15.0 Å². The van der Waals surface area contributed by atoms with Crippen molar-refractivity contribution in [3.8, 4) is 51.3 Å². The molecule has 0 amide bonds. The van der Waals surface area contributed by atoms with Gasteiger partial charge in [0, 0.05) is 24.3 Å². The van der Waals surface area contributed by atoms with Crippen molar-refractivity contribution in [3.05, 3.63) is 70.6 Å². The molecule has 31 heavy (non-hydrogen) atoms. The van der Waals surface area contributed by atoms with Crippen molar-refractivity contribution in [1.29, 1.82) is 0 Å². The number of phenolic OH excluding ortho intramolecular Hbond substituents is 1. The monoisotopic (exact) mass is 420 g/mol. The molecule has 2 aromatic heterocycles. The molecule has 0 radical (unpaired) electrons. The number of rotatable bonds is 6. The van der Waals surface area contributed by atoms with E-state index in [0.29, 0.717) is 22.8 Å². The number of ether oxygens (including phenoxy) is 2. The Bertz CT molecular complexity index is 1280. The molecule has 2 aromatic carbocycles. The predicted octanol–water partition coefficient (Wildman–Crippen LogP) is 3.93. The van der Waals surface area contributed by atoms with E-state index in [1.165, 1.54) is 26.4 Å². The molecular weight excluding hydrogens is 400 g/mol. The number of hydrogen-bond donors (Lipinski definition) is 3. The fourth-order valence-corrected chi connectivity index (χ4v) is 3.22. The van der Waals surface area contributed by atoms with Gasteiger partial charge in [0.2, 0.25) is 11.2 Å². The van der Waals surface area contributed by atoms with Gasteiger partial charge in [0.05, 0.1) is 7.11 Å². The molecule has 3 N–H and O–H groups in total. The number of aromatic hydroxyl groups is 2. The zero-order valence-corrected chi connectivity index (χ0v) is 16.9. The second kappa shape index (κ2) is 8.37. The number of aromatic amines is 1. The highest BCUT2D eigenvalue weighted by Crippen LogP contribution is 2.39. The molecule has 4 aromatic rings. The van der Waals surface area contributed by atoms with E-state index in [-0.39, 0.29) is 29.6 Å². The lowest BCUT2D eigenvalue weighted by Crippen LogP contribution is -2.04. The molecule has 0 spiro atoms. The van der Waals surface area contributed by atoms with E-state index >= 15 is 0 Å². The number of imidazole rings is 1. The van der Waals surface area contributed by atoms with Crippen molar-refractivity contribution in [2.24, 2.45) is 0 Å². The van der Waals surface area contributed by atoms with E-state index in [0.717, 1.165) is 5.56 Å². The summed E-state index contributed by atoms with van der Waals surface area (Å²) in [6.45, 7) is 0.0601. The molecule has 0 aliphatic heterocycles. The summed E-state index contributed by atoms with van der Waals surface area (Å²) in [5.41, 5.74) is 1.50. The summed E-state index contributed by atoms with van der Waals surface area (Å²) in [5.74, 6) is 0.392. The van der Waals surface area contributed by atoms with Crippen LogP contribution in [0.25, 0.3) is 34.1 Å². The Morgan fingerprint density at radius 1 is 1.03 bits per heavy atom. The van der Waals surface area contributed by atoms with Crippen LogP contribution in [-0.4, -0.2) is 34.4 Å². The Morgan fingerprint density at radius 3 is 2.52 bits per heavy atom. The van der Waals surface area contributed by atoms with Gasteiger partial charge < -0.3 is 29.1 Å². The van der Waals surface area contributed by atoms with Gasteiger partial charge in [0.25, 0.3) is 0 Å². The zero-order chi connectivity index (χ0) is 22.0. The highest BCUT2D eigenvalue weighted by Gasteiger charge is 2.23. The molecule has 8 heteroatoms. The van der Waals surface area contributed by atoms with E-state index in [1.54, 1.807) is 12.1 Å². The Labute approximate surface area is 177 Å². The van der Waals surface area contributed by atoms with Crippen LogP contribution in [0.15, 0.2) is 63.8 Å². The molecular formula is C23H20N2O6. The van der Waals surface area contributed by atoms with Crippen molar-refractivity contribution < 1.29 is 24.1 Å². The minimum atomic E-state index is -0.599. The molecule has 158 valence electrons. The van der Waals surface area contributed by atoms with Gasteiger partial charge in [0.15, 0.2) is 17.3 Å². The first-order chi connectivity index (χ1) is 15.0. The van der Waals surface area contributed by atoms with Crippen LogP contribution in [-0.2, 0) is 11.3 Å². The fourth-order valence-electron chi connectivity index (χ4n) is 3.22. The Kier molecular flexibility index (Phi) is 5.46. The quantitative estimate of drug-likeness (QED) is 0.432. The van der Waals surface area contributed by atoms with Crippen LogP contribution < -0.4 is 10.2 Å². The molecule has 0 aliphatic carbocycles. The Balaban J connectivity index is 1.98. The number of phenols is 1. The number of benzene rings is 2. The van der Waals surface area contributed by atoms with Gasteiger partial charge in [0.1, 0.15) is 29.6 Å². The predicted molar refractivity (Wildman–Crippen MR) is 114 cm³/mol. The number of hydrogen-bond acceptors (Lipinski definition) is 7. The summed E-state index contributed by atoms with van der Waals surface area (Å²) in [4.78, 5) is 20.2. The van der Waals surface area contributed by atoms with Crippen molar-refractivity contribution in [2.75, 3.05) is 14.2 Å². The molecule has 0 saturated heterocycles. The summed E-state index contributed by atoms with van der Waals surface area (Å²) in [7, 11) is 2.92. The molecule has 8 nitrogen and oxygen atoms in total. The van der Waals surface area contributed by atoms with Gasteiger partial charge in [-0.25, -0.2) is 4.98 Å². The number of nitrogens with one attached hydrogen (secondary N) is 1. The minimum Gasteiger partial charge on any atom is -0.504 e. The highest BCUT2D eigenvalue weighted by molar-refractivity contribution is 5.82. The second-order valence-electron chi connectivity index (χ2n) is 6.75. The summed E-state index contributed by atoms with van der Waals surface area (Å²) in [5, 5.41) is 20.4. The van der Waals surface area contributed by atoms with E-state index in [2.05, 4.69) is 9.97 Å². The maximum atomic E-state index is 12.3. The number of aromatic nitrogens is 2. The molecule has 2 heterocycles. The third-order valence-corrected chi connectivity index (χ3v) is 4.69. The third-order valence-electron chi connectivity index (χ3n) is 4.69. The maximum absolute atomic E-state index is 12.3. The van der Waals surface area contributed by atoms with Crippen LogP contribution in [0.4, 0.5) is 0 Å². The Morgan fingerprint density at radius 2 is 1.81 bits per heavy atom. The lowest BCUT2D eigenvalue weighted by atomic mass is 10.1. The van der Waals surface area contributed by atoms with Crippen molar-refractivity contribution in [1.82, 2.24) is 9.97 Å². The van der Waals surface area contributed by atoms with E-state index in [1.807, 2.05) is 30.3 Å². The van der Waals surface area contributed by atoms with Crippen LogP contribution in [0.5, 0.6) is 17.2 Å². The number of methoxy groups -OCH3 is 2. The normalized spacial score (nSPS) is 10.9. The molecule has 0 atom stereocenters. The average molecular weight is 420 g/mol. The summed E-state index contributed by atoms with van der Waals surface area (Å²) >= 11 is 0. The lowest BCUT2D eigenvalue weighted by molar-refractivity contribution is 0.162. The summed E-state index contributed by atoms with van der Waals surface area (Å²) < 4.78 is 16.1. The SMILES string of the molecule is COCc1cc(=O)c(O)c(-c2[nH]c(-c3ccccc3)nc2-c2ccc(O)c(OC)c2)o1. The van der Waals surface area contributed by atoms with Crippen molar-refractivity contribution >= 4 is 0 Å². The molecule has 0 fully saturated rings. The minimum absolute atomic E-state index is 0.0249. The fraction of sp³-hybridized carbons (Fsp3) is 0.130. The first kappa shape index (κ1) is 20.2. The van der Waals surface area contributed by atoms with Crippen LogP contribution in [0.2, 0.25) is 0 Å². The van der Waals surface area contributed by atoms with Gasteiger partial charge in [-0.3, -0.25) is 4.79 Å². The van der Waals surface area contributed by atoms with Gasteiger partial charge >= 0.3 is 0 Å². The van der Waals surface area contributed by atoms with Crippen molar-refractivity contribution in [2.45, 2.75) is 6.61 Å². The maximum Gasteiger partial charge on any atom is 0.227 e. The number of H-pyrrole nitrogens is 1. The van der Waals surface area contributed by atoms with Gasteiger partial charge in [-0.05, 0) is 18.2 Å². The van der Waals surface area contributed by atoms with Crippen LogP contribution in [0.1, 0.15) is 5.76 Å². The molecule has 0 saturated carbocycles. The highest BCUT2D eigenvalue weighted by atomic mass is 16.5. The van der Waals surface area contributed by atoms with E-state index in [4.69, 9.17) is 13.9 Å². The lowest BCUT2D eigenvalue weighted by Gasteiger charge is -2.08. The van der Waals surface area contributed by atoms with Crippen LogP contribution in [0.3, 0.4) is 0 Å². The first-order valence-corrected chi connectivity index (χ1v) is 9.40. The molecule has 0 unspecified atom stereocenters. The van der Waals surface area contributed by atoms with Gasteiger partial charge in [-0.1, -0.05) is 30.3 Å². The van der Waals surface area contributed by atoms with Gasteiger partial charge in [-0.2, -0.15) is 0 Å². The smallest absolute Gasteiger partial charge is 0.227 e. The topological polar surface area (TPSA) is 118 Å². The molecule has 0 aliphatic rings. The standard InChI is InChI=1S/C23H20N2O6/c1-29-12-15-11-17(27)21(28)22(31-15)20-19(14-8-9-16(26)18(10-14)30-2)24-23(25-20)13-6-4-3-5-7-13/h3-11,26,28H,12H2,1-2H3,(H,24,25). The van der Waals surface area contributed by atoms with Crippen LogP contribution >= 0.6 is 0 Å². The van der Waals surface area contributed by atoms with E-state index < -0.39 is 11.2 Å². The largest absolute Gasteiger partial charge is 0.504 e. The van der Waals surface area contributed by atoms with Gasteiger partial charge in [-0.15, -0.1) is 0 Å². The molecule has 0 bridgehead atoms. The molecule has 4 rings (SSSR count). The third kappa shape index (κ3) is 3.88. The van der Waals surface area contributed by atoms with Crippen LogP contribution in [0, 0.1) is 0 Å². The van der Waals surface area contributed by atoms with Crippen molar-refractivity contribution in [3.63, 3.8) is 0 Å². The average Bonchev–Trinajstić information content (AvgIpc) is 3.22. The first-order valence-electron chi connectivity index (χ1n) is 9.40. The summed E-state index contributed by atoms with van der Waals surface area (Å²) in [6, 6.07) is 15.3. The summed E-state index contributed by atoms with van der Waals surface area (Å²) in [6.07, 6.45) is 0. The number of nitrogens with zero attached hydrogens (tertiary/aromatic N) is 1. The second-order valence-corrected chi connectivity index (χ2v) is 6.75. The Hall–Kier alpha value is -4.04.